The lowest BCUT2D eigenvalue weighted by Gasteiger charge is -2.17. The lowest BCUT2D eigenvalue weighted by molar-refractivity contribution is 0.624. The zero-order valence-electron chi connectivity index (χ0n) is 9.75. The van der Waals surface area contributed by atoms with Crippen LogP contribution in [-0.2, 0) is 0 Å². The van der Waals surface area contributed by atoms with Gasteiger partial charge in [0.1, 0.15) is 5.82 Å². The summed E-state index contributed by atoms with van der Waals surface area (Å²) in [5, 5.41) is 3.46. The summed E-state index contributed by atoms with van der Waals surface area (Å²) < 4.78 is 14.4. The van der Waals surface area contributed by atoms with E-state index < -0.39 is 5.82 Å². The maximum absolute atomic E-state index is 13.4. The first-order valence-corrected chi connectivity index (χ1v) is 6.71. The standard InChI is InChI=1S/C14H12BrClFN/c1-9(10-6-7-12(16)13(17)8-10)18-14-5-3-2-4-11(14)15/h2-9,18H,1H3. The maximum Gasteiger partial charge on any atom is 0.142 e. The molecule has 0 heterocycles. The number of hydrogen-bond acceptors (Lipinski definition) is 1. The number of halogens is 3. The summed E-state index contributed by atoms with van der Waals surface area (Å²) in [6.45, 7) is 1.97. The van der Waals surface area contributed by atoms with Gasteiger partial charge in [0.25, 0.3) is 0 Å². The predicted molar refractivity (Wildman–Crippen MR) is 77.6 cm³/mol. The van der Waals surface area contributed by atoms with Gasteiger partial charge in [-0.25, -0.2) is 4.39 Å². The molecule has 0 aliphatic heterocycles. The Hall–Kier alpha value is -1.06. The van der Waals surface area contributed by atoms with Crippen molar-refractivity contribution >= 4 is 33.2 Å². The topological polar surface area (TPSA) is 12.0 Å². The summed E-state index contributed by atoms with van der Waals surface area (Å²) >= 11 is 9.13. The van der Waals surface area contributed by atoms with Gasteiger partial charge < -0.3 is 5.32 Å². The van der Waals surface area contributed by atoms with Crippen molar-refractivity contribution < 1.29 is 4.39 Å². The summed E-state index contributed by atoms with van der Waals surface area (Å²) in [6.07, 6.45) is 0. The van der Waals surface area contributed by atoms with Gasteiger partial charge in [-0.2, -0.15) is 0 Å². The molecule has 4 heteroatoms. The first kappa shape index (κ1) is 13.4. The monoisotopic (exact) mass is 327 g/mol. The van der Waals surface area contributed by atoms with Crippen LogP contribution in [0.3, 0.4) is 0 Å². The van der Waals surface area contributed by atoms with Gasteiger partial charge in [0.2, 0.25) is 0 Å². The number of nitrogens with one attached hydrogen (secondary N) is 1. The van der Waals surface area contributed by atoms with Crippen molar-refractivity contribution in [3.05, 3.63) is 63.3 Å². The molecular weight excluding hydrogens is 317 g/mol. The number of para-hydroxylation sites is 1. The average molecular weight is 329 g/mol. The zero-order chi connectivity index (χ0) is 13.1. The molecule has 18 heavy (non-hydrogen) atoms. The quantitative estimate of drug-likeness (QED) is 0.794. The molecule has 0 aliphatic carbocycles. The molecule has 1 N–H and O–H groups in total. The van der Waals surface area contributed by atoms with Crippen molar-refractivity contribution in [1.29, 1.82) is 0 Å². The first-order chi connectivity index (χ1) is 8.58. The Bertz CT molecular complexity index is 559. The van der Waals surface area contributed by atoms with E-state index in [0.717, 1.165) is 15.7 Å². The van der Waals surface area contributed by atoms with Gasteiger partial charge in [-0.1, -0.05) is 29.8 Å². The van der Waals surface area contributed by atoms with E-state index in [4.69, 9.17) is 11.6 Å². The largest absolute Gasteiger partial charge is 0.378 e. The number of hydrogen-bond donors (Lipinski definition) is 1. The van der Waals surface area contributed by atoms with Crippen LogP contribution >= 0.6 is 27.5 Å². The molecule has 0 spiro atoms. The highest BCUT2D eigenvalue weighted by Gasteiger charge is 2.09. The van der Waals surface area contributed by atoms with Crippen LogP contribution < -0.4 is 5.32 Å². The van der Waals surface area contributed by atoms with Gasteiger partial charge in [0.15, 0.2) is 0 Å². The zero-order valence-corrected chi connectivity index (χ0v) is 12.1. The van der Waals surface area contributed by atoms with Crippen LogP contribution in [0.1, 0.15) is 18.5 Å². The Morgan fingerprint density at radius 2 is 1.94 bits per heavy atom. The molecule has 0 saturated heterocycles. The maximum atomic E-state index is 13.4. The van der Waals surface area contributed by atoms with Crippen molar-refractivity contribution in [2.75, 3.05) is 5.32 Å². The third-order valence-corrected chi connectivity index (χ3v) is 3.69. The highest BCUT2D eigenvalue weighted by molar-refractivity contribution is 9.10. The van der Waals surface area contributed by atoms with Crippen LogP contribution in [0.2, 0.25) is 5.02 Å². The normalized spacial score (nSPS) is 12.2. The Morgan fingerprint density at radius 3 is 2.61 bits per heavy atom. The minimum absolute atomic E-state index is 0.00420. The second kappa shape index (κ2) is 5.72. The summed E-state index contributed by atoms with van der Waals surface area (Å²) in [5.74, 6) is -0.394. The summed E-state index contributed by atoms with van der Waals surface area (Å²) in [4.78, 5) is 0. The molecule has 0 fully saturated rings. The molecule has 2 aromatic carbocycles. The van der Waals surface area contributed by atoms with E-state index >= 15 is 0 Å². The SMILES string of the molecule is CC(Nc1ccccc1Br)c1ccc(Cl)c(F)c1. The first-order valence-electron chi connectivity index (χ1n) is 5.54. The molecule has 0 radical (unpaired) electrons. The molecule has 0 saturated carbocycles. The fraction of sp³-hybridized carbons (Fsp3) is 0.143. The van der Waals surface area contributed by atoms with Crippen molar-refractivity contribution in [1.82, 2.24) is 0 Å². The molecule has 2 rings (SSSR count). The molecule has 0 amide bonds. The van der Waals surface area contributed by atoms with Gasteiger partial charge >= 0.3 is 0 Å². The highest BCUT2D eigenvalue weighted by atomic mass is 79.9. The molecule has 0 bridgehead atoms. The second-order valence-electron chi connectivity index (χ2n) is 4.02. The van der Waals surface area contributed by atoms with Gasteiger partial charge in [0, 0.05) is 16.2 Å². The third-order valence-electron chi connectivity index (χ3n) is 2.69. The van der Waals surface area contributed by atoms with Crippen molar-refractivity contribution in [3.8, 4) is 0 Å². The van der Waals surface area contributed by atoms with E-state index in [2.05, 4.69) is 21.2 Å². The van der Waals surface area contributed by atoms with Crippen LogP contribution in [0.15, 0.2) is 46.9 Å². The highest BCUT2D eigenvalue weighted by Crippen LogP contribution is 2.27. The van der Waals surface area contributed by atoms with Crippen molar-refractivity contribution in [3.63, 3.8) is 0 Å². The number of rotatable bonds is 3. The average Bonchev–Trinajstić information content (AvgIpc) is 2.35. The third kappa shape index (κ3) is 3.03. The molecular formula is C14H12BrClFN. The van der Waals surface area contributed by atoms with Gasteiger partial charge in [-0.05, 0) is 52.7 Å². The molecule has 0 aliphatic rings. The summed E-state index contributed by atoms with van der Waals surface area (Å²) in [7, 11) is 0. The molecule has 0 aromatic heterocycles. The smallest absolute Gasteiger partial charge is 0.142 e. The van der Waals surface area contributed by atoms with Crippen LogP contribution in [0.25, 0.3) is 0 Å². The Morgan fingerprint density at radius 1 is 1.22 bits per heavy atom. The van der Waals surface area contributed by atoms with E-state index in [-0.39, 0.29) is 11.1 Å². The number of anilines is 1. The molecule has 1 atom stereocenters. The molecule has 1 nitrogen and oxygen atoms in total. The number of benzene rings is 2. The van der Waals surface area contributed by atoms with Gasteiger partial charge in [0.05, 0.1) is 5.02 Å². The minimum Gasteiger partial charge on any atom is -0.378 e. The van der Waals surface area contributed by atoms with Crippen LogP contribution in [-0.4, -0.2) is 0 Å². The van der Waals surface area contributed by atoms with E-state index in [1.54, 1.807) is 6.07 Å². The Labute approximate surface area is 119 Å². The van der Waals surface area contributed by atoms with Crippen LogP contribution in [0.4, 0.5) is 10.1 Å². The summed E-state index contributed by atoms with van der Waals surface area (Å²) in [5.41, 5.74) is 1.83. The van der Waals surface area contributed by atoms with Gasteiger partial charge in [-0.15, -0.1) is 0 Å². The second-order valence-corrected chi connectivity index (χ2v) is 5.28. The van der Waals surface area contributed by atoms with Crippen molar-refractivity contribution in [2.45, 2.75) is 13.0 Å². The van der Waals surface area contributed by atoms with Crippen LogP contribution in [0.5, 0.6) is 0 Å². The Kier molecular flexibility index (Phi) is 4.25. The molecule has 94 valence electrons. The lowest BCUT2D eigenvalue weighted by atomic mass is 10.1. The van der Waals surface area contributed by atoms with Gasteiger partial charge in [-0.3, -0.25) is 0 Å². The summed E-state index contributed by atoms with van der Waals surface area (Å²) in [6, 6.07) is 12.7. The van der Waals surface area contributed by atoms with Crippen LogP contribution in [0, 0.1) is 5.82 Å². The van der Waals surface area contributed by atoms with E-state index in [9.17, 15) is 4.39 Å². The van der Waals surface area contributed by atoms with Crippen molar-refractivity contribution in [2.24, 2.45) is 0 Å². The van der Waals surface area contributed by atoms with E-state index in [1.807, 2.05) is 37.3 Å². The lowest BCUT2D eigenvalue weighted by Crippen LogP contribution is -2.07. The predicted octanol–water partition coefficient (Wildman–Crippen LogP) is 5.41. The van der Waals surface area contributed by atoms with E-state index in [1.165, 1.54) is 6.07 Å². The fourth-order valence-corrected chi connectivity index (χ4v) is 2.19. The Balaban J connectivity index is 2.19. The molecule has 2 aromatic rings. The van der Waals surface area contributed by atoms with E-state index in [0.29, 0.717) is 0 Å². The minimum atomic E-state index is -0.394. The fourth-order valence-electron chi connectivity index (χ4n) is 1.68. The molecule has 1 unspecified atom stereocenters.